The fourth-order valence-electron chi connectivity index (χ4n) is 2.03. The second kappa shape index (κ2) is 4.38. The maximum Gasteiger partial charge on any atom is 0.586 e. The molecule has 0 spiro atoms. The molecule has 0 amide bonds. The largest absolute Gasteiger partial charge is 0.586 e. The first-order valence-electron chi connectivity index (χ1n) is 5.41. The van der Waals surface area contributed by atoms with Crippen LogP contribution in [0.3, 0.4) is 0 Å². The van der Waals surface area contributed by atoms with Crippen molar-refractivity contribution in [1.82, 2.24) is 0 Å². The molecule has 0 aliphatic carbocycles. The molecular weight excluding hydrogens is 293 g/mol. The lowest BCUT2D eigenvalue weighted by Gasteiger charge is -2.19. The van der Waals surface area contributed by atoms with Crippen LogP contribution in [0, 0.1) is 0 Å². The van der Waals surface area contributed by atoms with Crippen LogP contribution in [0.1, 0.15) is 0 Å². The molecule has 1 aliphatic rings. The minimum atomic E-state index is -4.36. The molecule has 0 aromatic heterocycles. The number of rotatable bonds is 0. The van der Waals surface area contributed by atoms with Gasteiger partial charge >= 0.3 is 5.51 Å². The third-order valence-corrected chi connectivity index (χ3v) is 6.59. The molecule has 0 saturated heterocycles. The Balaban J connectivity index is 2.33. The van der Waals surface area contributed by atoms with Crippen LogP contribution in [0.15, 0.2) is 68.1 Å². The molecule has 0 bridgehead atoms. The van der Waals surface area contributed by atoms with E-state index in [4.69, 9.17) is 0 Å². The molecule has 2 aromatic rings. The SMILES string of the molecule is O=S1c2ccccc2[S+](C(F)(F)F)c2ccccc21. The van der Waals surface area contributed by atoms with E-state index in [1.165, 1.54) is 24.3 Å². The summed E-state index contributed by atoms with van der Waals surface area (Å²) < 4.78 is 52.3. The third kappa shape index (κ3) is 1.99. The van der Waals surface area contributed by atoms with Gasteiger partial charge < -0.3 is 0 Å². The van der Waals surface area contributed by atoms with E-state index in [0.29, 0.717) is 0 Å². The molecule has 0 unspecified atom stereocenters. The van der Waals surface area contributed by atoms with Gasteiger partial charge in [0.05, 0.1) is 20.6 Å². The highest BCUT2D eigenvalue weighted by molar-refractivity contribution is 8.00. The van der Waals surface area contributed by atoms with Crippen molar-refractivity contribution in [3.63, 3.8) is 0 Å². The molecule has 0 N–H and O–H groups in total. The first-order valence-corrected chi connectivity index (χ1v) is 7.78. The predicted octanol–water partition coefficient (Wildman–Crippen LogP) is 3.72. The molecule has 1 aliphatic heterocycles. The van der Waals surface area contributed by atoms with Crippen LogP contribution in [0.25, 0.3) is 0 Å². The molecule has 0 atom stereocenters. The lowest BCUT2D eigenvalue weighted by molar-refractivity contribution is -0.0373. The maximum atomic E-state index is 13.3. The first kappa shape index (κ1) is 12.7. The van der Waals surface area contributed by atoms with Crippen LogP contribution in [-0.2, 0) is 21.7 Å². The number of hydrogen-bond acceptors (Lipinski definition) is 1. The average Bonchev–Trinajstić information content (AvgIpc) is 2.38. The number of benzene rings is 2. The van der Waals surface area contributed by atoms with Crippen molar-refractivity contribution in [2.24, 2.45) is 0 Å². The van der Waals surface area contributed by atoms with Gasteiger partial charge in [-0.1, -0.05) is 24.3 Å². The third-order valence-electron chi connectivity index (χ3n) is 2.77. The van der Waals surface area contributed by atoms with Gasteiger partial charge in [-0.25, -0.2) is 4.21 Å². The summed E-state index contributed by atoms with van der Waals surface area (Å²) in [5.74, 6) is 0. The van der Waals surface area contributed by atoms with Gasteiger partial charge in [0.25, 0.3) is 0 Å². The number of hydrogen-bond donors (Lipinski definition) is 0. The maximum absolute atomic E-state index is 13.3. The van der Waals surface area contributed by atoms with E-state index < -0.39 is 27.2 Å². The monoisotopic (exact) mass is 301 g/mol. The summed E-state index contributed by atoms with van der Waals surface area (Å²) >= 11 is 0. The van der Waals surface area contributed by atoms with E-state index in [-0.39, 0.29) is 19.6 Å². The fourth-order valence-corrected chi connectivity index (χ4v) is 5.83. The summed E-state index contributed by atoms with van der Waals surface area (Å²) in [6.45, 7) is 0. The fraction of sp³-hybridized carbons (Fsp3) is 0.0769. The van der Waals surface area contributed by atoms with Crippen molar-refractivity contribution < 1.29 is 17.4 Å². The smallest absolute Gasteiger partial charge is 0.249 e. The second-order valence-corrected chi connectivity index (χ2v) is 7.29. The summed E-state index contributed by atoms with van der Waals surface area (Å²) in [5, 5.41) is 0. The zero-order valence-electron chi connectivity index (χ0n) is 9.48. The topological polar surface area (TPSA) is 17.1 Å². The van der Waals surface area contributed by atoms with Crippen LogP contribution >= 0.6 is 0 Å². The highest BCUT2D eigenvalue weighted by Gasteiger charge is 2.58. The van der Waals surface area contributed by atoms with Gasteiger partial charge in [0.1, 0.15) is 0 Å². The van der Waals surface area contributed by atoms with Crippen LogP contribution in [0.2, 0.25) is 0 Å². The van der Waals surface area contributed by atoms with E-state index in [2.05, 4.69) is 0 Å². The van der Waals surface area contributed by atoms with Crippen molar-refractivity contribution in [3.05, 3.63) is 48.5 Å². The van der Waals surface area contributed by atoms with Gasteiger partial charge in [-0.3, -0.25) is 0 Å². The Kier molecular flexibility index (Phi) is 2.94. The normalized spacial score (nSPS) is 21.6. The predicted molar refractivity (Wildman–Crippen MR) is 67.5 cm³/mol. The van der Waals surface area contributed by atoms with Crippen molar-refractivity contribution in [3.8, 4) is 0 Å². The van der Waals surface area contributed by atoms with E-state index in [1.54, 1.807) is 24.3 Å². The van der Waals surface area contributed by atoms with E-state index >= 15 is 0 Å². The molecule has 1 heterocycles. The van der Waals surface area contributed by atoms with Gasteiger partial charge in [-0.15, -0.1) is 13.2 Å². The molecule has 19 heavy (non-hydrogen) atoms. The van der Waals surface area contributed by atoms with Gasteiger partial charge in [-0.05, 0) is 24.3 Å². The number of alkyl halides is 3. The summed E-state index contributed by atoms with van der Waals surface area (Å²) in [5.41, 5.74) is -4.36. The van der Waals surface area contributed by atoms with E-state index in [0.717, 1.165) is 0 Å². The highest BCUT2D eigenvalue weighted by atomic mass is 32.2. The molecule has 6 heteroatoms. The Morgan fingerprint density at radius 2 is 1.26 bits per heavy atom. The van der Waals surface area contributed by atoms with E-state index in [9.17, 15) is 17.4 Å². The van der Waals surface area contributed by atoms with Gasteiger partial charge in [0, 0.05) is 0 Å². The minimum Gasteiger partial charge on any atom is -0.249 e. The van der Waals surface area contributed by atoms with Gasteiger partial charge in [0.2, 0.25) is 0 Å². The number of fused-ring (bicyclic) bond motifs is 2. The average molecular weight is 301 g/mol. The van der Waals surface area contributed by atoms with Crippen LogP contribution < -0.4 is 0 Å². The van der Waals surface area contributed by atoms with Crippen molar-refractivity contribution in [1.29, 1.82) is 0 Å². The Morgan fingerprint density at radius 1 is 0.842 bits per heavy atom. The molecule has 1 nitrogen and oxygen atoms in total. The Labute approximate surface area is 113 Å². The van der Waals surface area contributed by atoms with Gasteiger partial charge in [0.15, 0.2) is 20.7 Å². The van der Waals surface area contributed by atoms with Crippen LogP contribution in [0.4, 0.5) is 13.2 Å². The standard InChI is InChI=1S/C13H8F3OS2/c14-13(15,16)18-9-5-1-3-7-11(9)19(17)12-8-4-2-6-10(12)18/h1-8H/q+1. The zero-order chi connectivity index (χ0) is 13.6. The minimum absolute atomic E-state index is 0.118. The summed E-state index contributed by atoms with van der Waals surface area (Å²) in [7, 11) is -3.56. The zero-order valence-corrected chi connectivity index (χ0v) is 11.1. The quantitative estimate of drug-likeness (QED) is 0.678. The Morgan fingerprint density at radius 3 is 1.68 bits per heavy atom. The lowest BCUT2D eigenvalue weighted by atomic mass is 10.3. The highest BCUT2D eigenvalue weighted by Crippen LogP contribution is 2.46. The van der Waals surface area contributed by atoms with Crippen LogP contribution in [-0.4, -0.2) is 9.72 Å². The molecule has 3 rings (SSSR count). The van der Waals surface area contributed by atoms with E-state index in [1.807, 2.05) is 0 Å². The molecule has 98 valence electrons. The summed E-state index contributed by atoms with van der Waals surface area (Å²) in [6.07, 6.45) is 0. The Bertz CT molecular complexity index is 617. The van der Waals surface area contributed by atoms with Crippen molar-refractivity contribution in [2.75, 3.05) is 0 Å². The second-order valence-electron chi connectivity index (χ2n) is 3.91. The summed E-state index contributed by atoms with van der Waals surface area (Å²) in [4.78, 5) is 0.766. The van der Waals surface area contributed by atoms with Crippen molar-refractivity contribution >= 4 is 21.7 Å². The molecular formula is C13H8F3OS2+. The Hall–Kier alpha value is -1.27. The van der Waals surface area contributed by atoms with Gasteiger partial charge in [-0.2, -0.15) is 0 Å². The lowest BCUT2D eigenvalue weighted by Crippen LogP contribution is -2.29. The molecule has 0 radical (unpaired) electrons. The van der Waals surface area contributed by atoms with Crippen molar-refractivity contribution in [2.45, 2.75) is 25.1 Å². The molecule has 0 fully saturated rings. The summed E-state index contributed by atoms with van der Waals surface area (Å²) in [6, 6.07) is 12.2. The molecule has 0 saturated carbocycles. The number of halogens is 3. The molecule has 2 aromatic carbocycles. The van der Waals surface area contributed by atoms with Crippen LogP contribution in [0.5, 0.6) is 0 Å². The first-order chi connectivity index (χ1) is 9.00.